The molecule has 1 fully saturated rings. The summed E-state index contributed by atoms with van der Waals surface area (Å²) in [6.45, 7) is 5.26. The van der Waals surface area contributed by atoms with E-state index in [1.807, 2.05) is 0 Å². The maximum Gasteiger partial charge on any atom is 0.0458 e. The molecule has 0 aromatic heterocycles. The van der Waals surface area contributed by atoms with Crippen LogP contribution in [0.2, 0.25) is 0 Å². The Morgan fingerprint density at radius 2 is 2.21 bits per heavy atom. The second-order valence-corrected chi connectivity index (χ2v) is 4.59. The molecule has 0 unspecified atom stereocenters. The Morgan fingerprint density at radius 3 is 2.93 bits per heavy atom. The first-order valence-electron chi connectivity index (χ1n) is 4.97. The highest BCUT2D eigenvalue weighted by molar-refractivity contribution is 9.10. The lowest BCUT2D eigenvalue weighted by Gasteiger charge is -2.26. The zero-order valence-electron chi connectivity index (χ0n) is 8.31. The first-order valence-corrected chi connectivity index (χ1v) is 5.77. The molecule has 1 heterocycles. The van der Waals surface area contributed by atoms with Crippen molar-refractivity contribution in [1.29, 1.82) is 0 Å². The van der Waals surface area contributed by atoms with Crippen LogP contribution in [0.5, 0.6) is 0 Å². The van der Waals surface area contributed by atoms with Crippen molar-refractivity contribution >= 4 is 15.9 Å². The van der Waals surface area contributed by atoms with Crippen molar-refractivity contribution in [2.75, 3.05) is 19.6 Å². The van der Waals surface area contributed by atoms with E-state index in [0.717, 1.165) is 19.6 Å². The van der Waals surface area contributed by atoms with Crippen molar-refractivity contribution in [3.05, 3.63) is 33.8 Å². The second kappa shape index (κ2) is 4.43. The van der Waals surface area contributed by atoms with Gasteiger partial charge in [-0.25, -0.2) is 0 Å². The third-order valence-electron chi connectivity index (χ3n) is 2.57. The van der Waals surface area contributed by atoms with Gasteiger partial charge in [-0.2, -0.15) is 0 Å². The fraction of sp³-hybridized carbons (Fsp3) is 0.455. The van der Waals surface area contributed by atoms with E-state index in [1.54, 1.807) is 0 Å². The predicted molar refractivity (Wildman–Crippen MR) is 62.5 cm³/mol. The first kappa shape index (κ1) is 10.1. The molecule has 1 saturated heterocycles. The summed E-state index contributed by atoms with van der Waals surface area (Å²) >= 11 is 3.60. The minimum absolute atomic E-state index is 0.443. The Bertz CT molecular complexity index is 319. The summed E-state index contributed by atoms with van der Waals surface area (Å²) < 4.78 is 1.20. The van der Waals surface area contributed by atoms with Crippen LogP contribution < -0.4 is 10.6 Å². The van der Waals surface area contributed by atoms with Crippen LogP contribution in [0.4, 0.5) is 0 Å². The van der Waals surface area contributed by atoms with Crippen molar-refractivity contribution in [2.24, 2.45) is 0 Å². The van der Waals surface area contributed by atoms with E-state index in [1.165, 1.54) is 15.6 Å². The molecule has 1 aliphatic heterocycles. The zero-order valence-corrected chi connectivity index (χ0v) is 9.89. The normalized spacial score (nSPS) is 22.3. The van der Waals surface area contributed by atoms with E-state index < -0.39 is 0 Å². The monoisotopic (exact) mass is 254 g/mol. The van der Waals surface area contributed by atoms with Gasteiger partial charge in [0.25, 0.3) is 0 Å². The molecular weight excluding hydrogens is 240 g/mol. The molecule has 0 radical (unpaired) electrons. The summed E-state index contributed by atoms with van der Waals surface area (Å²) in [7, 11) is 0. The van der Waals surface area contributed by atoms with Gasteiger partial charge in [-0.15, -0.1) is 0 Å². The highest BCUT2D eigenvalue weighted by Gasteiger charge is 2.16. The number of rotatable bonds is 1. The quantitative estimate of drug-likeness (QED) is 0.802. The van der Waals surface area contributed by atoms with Crippen molar-refractivity contribution in [2.45, 2.75) is 13.0 Å². The number of hydrogen-bond acceptors (Lipinski definition) is 2. The maximum absolute atomic E-state index is 3.60. The summed E-state index contributed by atoms with van der Waals surface area (Å²) in [5.41, 5.74) is 2.67. The van der Waals surface area contributed by atoms with E-state index in [2.05, 4.69) is 51.7 Å². The lowest BCUT2D eigenvalue weighted by Crippen LogP contribution is -2.42. The standard InChI is InChI=1S/C11H15BrN2/c1-8-2-3-10(12)9(6-8)11-7-13-4-5-14-11/h2-3,6,11,13-14H,4-5,7H2,1H3/t11-/m1/s1. The molecule has 0 bridgehead atoms. The fourth-order valence-corrected chi connectivity index (χ4v) is 2.33. The molecule has 1 aromatic carbocycles. The lowest BCUT2D eigenvalue weighted by atomic mass is 10.0. The van der Waals surface area contributed by atoms with Crippen LogP contribution in [0.1, 0.15) is 17.2 Å². The molecule has 1 aliphatic rings. The third-order valence-corrected chi connectivity index (χ3v) is 3.29. The molecule has 0 amide bonds. The molecule has 1 atom stereocenters. The van der Waals surface area contributed by atoms with Gasteiger partial charge in [0.15, 0.2) is 0 Å². The van der Waals surface area contributed by atoms with Gasteiger partial charge in [-0.1, -0.05) is 33.6 Å². The SMILES string of the molecule is Cc1ccc(Br)c([C@H]2CNCCN2)c1. The first-order chi connectivity index (χ1) is 6.77. The minimum Gasteiger partial charge on any atom is -0.314 e. The summed E-state index contributed by atoms with van der Waals surface area (Å²) in [5.74, 6) is 0. The van der Waals surface area contributed by atoms with Gasteiger partial charge >= 0.3 is 0 Å². The van der Waals surface area contributed by atoms with Gasteiger partial charge in [-0.3, -0.25) is 0 Å². The molecule has 1 aromatic rings. The molecule has 0 saturated carbocycles. The largest absolute Gasteiger partial charge is 0.314 e. The van der Waals surface area contributed by atoms with Crippen molar-refractivity contribution in [1.82, 2.24) is 10.6 Å². The topological polar surface area (TPSA) is 24.1 Å². The Morgan fingerprint density at radius 1 is 1.36 bits per heavy atom. The Hall–Kier alpha value is -0.380. The molecule has 3 heteroatoms. The molecule has 14 heavy (non-hydrogen) atoms. The average molecular weight is 255 g/mol. The number of halogens is 1. The van der Waals surface area contributed by atoms with Gasteiger partial charge in [0.1, 0.15) is 0 Å². The summed E-state index contributed by atoms with van der Waals surface area (Å²) in [6.07, 6.45) is 0. The molecule has 76 valence electrons. The summed E-state index contributed by atoms with van der Waals surface area (Å²) in [4.78, 5) is 0. The number of hydrogen-bond donors (Lipinski definition) is 2. The second-order valence-electron chi connectivity index (χ2n) is 3.74. The minimum atomic E-state index is 0.443. The van der Waals surface area contributed by atoms with E-state index >= 15 is 0 Å². The number of piperazine rings is 1. The molecular formula is C11H15BrN2. The lowest BCUT2D eigenvalue weighted by molar-refractivity contribution is 0.429. The molecule has 0 aliphatic carbocycles. The molecule has 2 nitrogen and oxygen atoms in total. The summed E-state index contributed by atoms with van der Waals surface area (Å²) in [5, 5.41) is 6.91. The van der Waals surface area contributed by atoms with E-state index in [9.17, 15) is 0 Å². The predicted octanol–water partition coefficient (Wildman–Crippen LogP) is 1.99. The van der Waals surface area contributed by atoms with Crippen LogP contribution in [0.15, 0.2) is 22.7 Å². The molecule has 2 N–H and O–H groups in total. The number of nitrogens with one attached hydrogen (secondary N) is 2. The summed E-state index contributed by atoms with van der Waals surface area (Å²) in [6, 6.07) is 6.94. The van der Waals surface area contributed by atoms with E-state index in [-0.39, 0.29) is 0 Å². The van der Waals surface area contributed by atoms with E-state index in [4.69, 9.17) is 0 Å². The highest BCUT2D eigenvalue weighted by Crippen LogP contribution is 2.24. The fourth-order valence-electron chi connectivity index (χ4n) is 1.80. The molecule has 0 spiro atoms. The van der Waals surface area contributed by atoms with Gasteiger partial charge in [-0.05, 0) is 18.6 Å². The van der Waals surface area contributed by atoms with Crippen LogP contribution in [-0.4, -0.2) is 19.6 Å². The Balaban J connectivity index is 2.24. The van der Waals surface area contributed by atoms with Crippen molar-refractivity contribution in [3.63, 3.8) is 0 Å². The number of aryl methyl sites for hydroxylation is 1. The van der Waals surface area contributed by atoms with Crippen LogP contribution in [0, 0.1) is 6.92 Å². The average Bonchev–Trinajstić information content (AvgIpc) is 2.23. The number of benzene rings is 1. The van der Waals surface area contributed by atoms with Crippen LogP contribution >= 0.6 is 15.9 Å². The van der Waals surface area contributed by atoms with Crippen molar-refractivity contribution < 1.29 is 0 Å². The van der Waals surface area contributed by atoms with Gasteiger partial charge < -0.3 is 10.6 Å². The smallest absolute Gasteiger partial charge is 0.0458 e. The van der Waals surface area contributed by atoms with E-state index in [0.29, 0.717) is 6.04 Å². The van der Waals surface area contributed by atoms with Crippen molar-refractivity contribution in [3.8, 4) is 0 Å². The van der Waals surface area contributed by atoms with Crippen LogP contribution in [0.25, 0.3) is 0 Å². The highest BCUT2D eigenvalue weighted by atomic mass is 79.9. The van der Waals surface area contributed by atoms with Gasteiger partial charge in [0.05, 0.1) is 0 Å². The molecule has 2 rings (SSSR count). The van der Waals surface area contributed by atoms with Crippen LogP contribution in [-0.2, 0) is 0 Å². The van der Waals surface area contributed by atoms with Gasteiger partial charge in [0.2, 0.25) is 0 Å². The Kier molecular flexibility index (Phi) is 3.21. The van der Waals surface area contributed by atoms with Crippen LogP contribution in [0.3, 0.4) is 0 Å². The Labute approximate surface area is 93.2 Å². The zero-order chi connectivity index (χ0) is 9.97. The third kappa shape index (κ3) is 2.16. The van der Waals surface area contributed by atoms with Gasteiger partial charge in [0, 0.05) is 30.1 Å². The maximum atomic E-state index is 3.60.